The fourth-order valence-electron chi connectivity index (χ4n) is 0.988. The van der Waals surface area contributed by atoms with Crippen LogP contribution in [0.2, 0.25) is 0 Å². The lowest BCUT2D eigenvalue weighted by Gasteiger charge is -1.98. The molecule has 0 radical (unpaired) electrons. The van der Waals surface area contributed by atoms with Crippen molar-refractivity contribution < 1.29 is 19.2 Å². The van der Waals surface area contributed by atoms with Crippen LogP contribution >= 0.6 is 0 Å². The maximum Gasteiger partial charge on any atom is 0.303 e. The molecule has 0 aliphatic heterocycles. The van der Waals surface area contributed by atoms with Crippen LogP contribution in [0.1, 0.15) is 24.3 Å². The van der Waals surface area contributed by atoms with E-state index in [1.807, 2.05) is 0 Å². The quantitative estimate of drug-likeness (QED) is 0.700. The van der Waals surface area contributed by atoms with Crippen LogP contribution < -0.4 is 0 Å². The Labute approximate surface area is 81.7 Å². The summed E-state index contributed by atoms with van der Waals surface area (Å²) >= 11 is 0. The number of aromatic nitrogens is 1. The van der Waals surface area contributed by atoms with Crippen molar-refractivity contribution in [2.24, 2.45) is 0 Å². The van der Waals surface area contributed by atoms with Gasteiger partial charge in [0.15, 0.2) is 0 Å². The molecule has 0 atom stereocenters. The molecule has 0 spiro atoms. The van der Waals surface area contributed by atoms with Gasteiger partial charge in [-0.05, 0) is 13.3 Å². The van der Waals surface area contributed by atoms with E-state index in [0.717, 1.165) is 11.5 Å². The molecule has 1 rings (SSSR count). The first-order valence-electron chi connectivity index (χ1n) is 4.40. The zero-order chi connectivity index (χ0) is 10.4. The van der Waals surface area contributed by atoms with E-state index in [2.05, 4.69) is 5.16 Å². The number of carboxylic acid groups (broad SMARTS) is 1. The minimum Gasteiger partial charge on any atom is -0.481 e. The van der Waals surface area contributed by atoms with E-state index in [1.165, 1.54) is 0 Å². The van der Waals surface area contributed by atoms with Crippen molar-refractivity contribution in [1.29, 1.82) is 0 Å². The Bertz CT molecular complexity index is 295. The van der Waals surface area contributed by atoms with Crippen molar-refractivity contribution in [3.8, 4) is 0 Å². The van der Waals surface area contributed by atoms with Crippen molar-refractivity contribution in [2.75, 3.05) is 6.61 Å². The minimum atomic E-state index is -0.800. The van der Waals surface area contributed by atoms with Crippen LogP contribution in [0.25, 0.3) is 0 Å². The molecule has 5 heteroatoms. The fourth-order valence-corrected chi connectivity index (χ4v) is 0.988. The smallest absolute Gasteiger partial charge is 0.303 e. The van der Waals surface area contributed by atoms with Gasteiger partial charge in [-0.1, -0.05) is 5.16 Å². The van der Waals surface area contributed by atoms with Crippen molar-refractivity contribution in [2.45, 2.75) is 26.4 Å². The predicted octanol–water partition coefficient (Wildman–Crippen LogP) is 1.36. The maximum absolute atomic E-state index is 10.2. The summed E-state index contributed by atoms with van der Waals surface area (Å²) in [6.07, 6.45) is 0.657. The van der Waals surface area contributed by atoms with E-state index < -0.39 is 5.97 Å². The van der Waals surface area contributed by atoms with Gasteiger partial charge in [-0.3, -0.25) is 4.79 Å². The van der Waals surface area contributed by atoms with Crippen LogP contribution in [-0.4, -0.2) is 22.8 Å². The van der Waals surface area contributed by atoms with Crippen molar-refractivity contribution >= 4 is 5.97 Å². The summed E-state index contributed by atoms with van der Waals surface area (Å²) in [6, 6.07) is 1.79. The number of ether oxygens (including phenoxy) is 1. The maximum atomic E-state index is 10.2. The number of hydrogen-bond acceptors (Lipinski definition) is 4. The van der Waals surface area contributed by atoms with Gasteiger partial charge in [0.05, 0.1) is 6.61 Å². The molecule has 14 heavy (non-hydrogen) atoms. The average molecular weight is 199 g/mol. The first kappa shape index (κ1) is 10.7. The van der Waals surface area contributed by atoms with Crippen LogP contribution in [0.5, 0.6) is 0 Å². The molecule has 1 aromatic heterocycles. The van der Waals surface area contributed by atoms with Crippen LogP contribution in [0.3, 0.4) is 0 Å². The fraction of sp³-hybridized carbons (Fsp3) is 0.556. The molecule has 0 aromatic carbocycles. The number of nitrogens with zero attached hydrogens (tertiary/aromatic N) is 1. The Balaban J connectivity index is 2.07. The normalized spacial score (nSPS) is 10.4. The molecule has 0 unspecified atom stereocenters. The molecule has 0 saturated heterocycles. The molecule has 0 aliphatic carbocycles. The number of rotatable bonds is 6. The Morgan fingerprint density at radius 1 is 1.71 bits per heavy atom. The van der Waals surface area contributed by atoms with Crippen molar-refractivity contribution in [3.05, 3.63) is 17.5 Å². The molecule has 1 heterocycles. The van der Waals surface area contributed by atoms with Crippen LogP contribution in [0, 0.1) is 6.92 Å². The van der Waals surface area contributed by atoms with E-state index in [-0.39, 0.29) is 6.42 Å². The Kier molecular flexibility index (Phi) is 4.12. The van der Waals surface area contributed by atoms with Crippen LogP contribution in [0.4, 0.5) is 0 Å². The first-order chi connectivity index (χ1) is 6.68. The highest BCUT2D eigenvalue weighted by atomic mass is 16.5. The monoisotopic (exact) mass is 199 g/mol. The second kappa shape index (κ2) is 5.39. The summed E-state index contributed by atoms with van der Waals surface area (Å²) in [7, 11) is 0. The highest BCUT2D eigenvalue weighted by molar-refractivity contribution is 5.66. The van der Waals surface area contributed by atoms with E-state index in [9.17, 15) is 4.79 Å². The van der Waals surface area contributed by atoms with E-state index in [1.54, 1.807) is 13.0 Å². The van der Waals surface area contributed by atoms with Gasteiger partial charge in [0, 0.05) is 19.1 Å². The van der Waals surface area contributed by atoms with Gasteiger partial charge < -0.3 is 14.4 Å². The average Bonchev–Trinajstić information content (AvgIpc) is 2.50. The van der Waals surface area contributed by atoms with Crippen LogP contribution in [0.15, 0.2) is 10.6 Å². The molecule has 1 N–H and O–H groups in total. The number of aliphatic carboxylic acids is 1. The molecule has 0 bridgehead atoms. The van der Waals surface area contributed by atoms with E-state index in [4.69, 9.17) is 14.4 Å². The lowest BCUT2D eigenvalue weighted by molar-refractivity contribution is -0.137. The number of aryl methyl sites for hydroxylation is 1. The van der Waals surface area contributed by atoms with Gasteiger partial charge >= 0.3 is 5.97 Å². The Morgan fingerprint density at radius 3 is 3.07 bits per heavy atom. The molecule has 0 saturated carbocycles. The largest absolute Gasteiger partial charge is 0.481 e. The molecule has 5 nitrogen and oxygen atoms in total. The molecule has 0 aliphatic rings. The molecule has 1 aromatic rings. The minimum absolute atomic E-state index is 0.137. The van der Waals surface area contributed by atoms with Crippen molar-refractivity contribution in [1.82, 2.24) is 5.16 Å². The number of carbonyl (C=O) groups is 1. The standard InChI is InChI=1S/C9H13NO4/c1-7-5-8(10-14-7)6-13-4-2-3-9(11)12/h5H,2-4,6H2,1H3,(H,11,12). The van der Waals surface area contributed by atoms with Gasteiger partial charge in [0.25, 0.3) is 0 Å². The van der Waals surface area contributed by atoms with Crippen molar-refractivity contribution in [3.63, 3.8) is 0 Å². The Morgan fingerprint density at radius 2 is 2.50 bits per heavy atom. The number of carboxylic acids is 1. The highest BCUT2D eigenvalue weighted by Gasteiger charge is 2.00. The lowest BCUT2D eigenvalue weighted by Crippen LogP contribution is -2.00. The van der Waals surface area contributed by atoms with Gasteiger partial charge in [-0.2, -0.15) is 0 Å². The zero-order valence-electron chi connectivity index (χ0n) is 8.02. The summed E-state index contributed by atoms with van der Waals surface area (Å²) in [5.74, 6) is -0.0555. The van der Waals surface area contributed by atoms with Gasteiger partial charge in [-0.15, -0.1) is 0 Å². The first-order valence-corrected chi connectivity index (χ1v) is 4.40. The van der Waals surface area contributed by atoms with E-state index >= 15 is 0 Å². The number of hydrogen-bond donors (Lipinski definition) is 1. The highest BCUT2D eigenvalue weighted by Crippen LogP contribution is 2.03. The van der Waals surface area contributed by atoms with Gasteiger partial charge in [0.2, 0.25) is 0 Å². The van der Waals surface area contributed by atoms with Gasteiger partial charge in [-0.25, -0.2) is 0 Å². The third kappa shape index (κ3) is 4.04. The SMILES string of the molecule is Cc1cc(COCCCC(=O)O)no1. The second-order valence-corrected chi connectivity index (χ2v) is 2.98. The molecule has 78 valence electrons. The summed E-state index contributed by atoms with van der Waals surface area (Å²) in [6.45, 7) is 2.61. The summed E-state index contributed by atoms with van der Waals surface area (Å²) < 4.78 is 10.0. The third-order valence-corrected chi connectivity index (χ3v) is 1.61. The molecule has 0 amide bonds. The summed E-state index contributed by atoms with van der Waals surface area (Å²) in [4.78, 5) is 10.2. The summed E-state index contributed by atoms with van der Waals surface area (Å²) in [5.41, 5.74) is 0.734. The zero-order valence-corrected chi connectivity index (χ0v) is 8.02. The van der Waals surface area contributed by atoms with Gasteiger partial charge in [0.1, 0.15) is 11.5 Å². The van der Waals surface area contributed by atoms with Crippen LogP contribution in [-0.2, 0) is 16.1 Å². The topological polar surface area (TPSA) is 72.6 Å². The Hall–Kier alpha value is -1.36. The molecular formula is C9H13NO4. The summed E-state index contributed by atoms with van der Waals surface area (Å²) in [5, 5.41) is 12.1. The van der Waals surface area contributed by atoms with E-state index in [0.29, 0.717) is 19.6 Å². The predicted molar refractivity (Wildman–Crippen MR) is 47.8 cm³/mol. The lowest BCUT2D eigenvalue weighted by atomic mass is 10.3. The third-order valence-electron chi connectivity index (χ3n) is 1.61. The molecule has 0 fully saturated rings. The molecular weight excluding hydrogens is 186 g/mol. The second-order valence-electron chi connectivity index (χ2n) is 2.98.